The van der Waals surface area contributed by atoms with Crippen LogP contribution in [0.4, 0.5) is 4.39 Å². The van der Waals surface area contributed by atoms with Gasteiger partial charge in [-0.15, -0.1) is 0 Å². The lowest BCUT2D eigenvalue weighted by Gasteiger charge is -2.40. The number of aromatic nitrogens is 1. The number of carboxylic acids is 1. The number of hydrogen-bond donors (Lipinski definition) is 1. The van der Waals surface area contributed by atoms with Crippen molar-refractivity contribution in [3.63, 3.8) is 0 Å². The van der Waals surface area contributed by atoms with Gasteiger partial charge in [0, 0.05) is 17.5 Å². The fourth-order valence-electron chi connectivity index (χ4n) is 6.46. The molecule has 2 aromatic carbocycles. The van der Waals surface area contributed by atoms with Crippen LogP contribution in [0.2, 0.25) is 0 Å². The highest BCUT2D eigenvalue weighted by Gasteiger charge is 2.36. The minimum atomic E-state index is -0.956. The Balaban J connectivity index is 1.61. The first-order chi connectivity index (χ1) is 21.6. The first-order valence-corrected chi connectivity index (χ1v) is 16.0. The number of carboxylic acid groups (broad SMARTS) is 1. The van der Waals surface area contributed by atoms with Crippen LogP contribution < -0.4 is 0 Å². The van der Waals surface area contributed by atoms with Crippen molar-refractivity contribution >= 4 is 18.0 Å². The SMILES string of the molecule is CC(C)c1nc2c(c(-c3ccc(F)cc3)c1C=C[C@@H]1C[C@H](CC(=O)OC(C)(C)C)OC(C)(C)O1)CCCc1cc(C(=O)O)ccc1-2. The zero-order chi connectivity index (χ0) is 33.4. The molecule has 0 spiro atoms. The van der Waals surface area contributed by atoms with E-state index in [4.69, 9.17) is 19.2 Å². The molecule has 8 heteroatoms. The van der Waals surface area contributed by atoms with Crippen LogP contribution in [0.5, 0.6) is 0 Å². The number of carbonyl (C=O) groups is 2. The molecule has 5 rings (SSSR count). The smallest absolute Gasteiger partial charge is 0.335 e. The van der Waals surface area contributed by atoms with Crippen LogP contribution in [-0.2, 0) is 31.8 Å². The number of rotatable bonds is 7. The summed E-state index contributed by atoms with van der Waals surface area (Å²) in [5.41, 5.74) is 7.12. The van der Waals surface area contributed by atoms with E-state index in [1.807, 2.05) is 46.8 Å². The Morgan fingerprint density at radius 2 is 1.83 bits per heavy atom. The second-order valence-corrected chi connectivity index (χ2v) is 14.0. The largest absolute Gasteiger partial charge is 0.478 e. The summed E-state index contributed by atoms with van der Waals surface area (Å²) in [5.74, 6) is -2.45. The Hall–Kier alpha value is -3.88. The van der Waals surface area contributed by atoms with E-state index in [1.54, 1.807) is 24.3 Å². The third-order valence-corrected chi connectivity index (χ3v) is 8.20. The van der Waals surface area contributed by atoms with Crippen molar-refractivity contribution in [2.45, 2.75) is 110 Å². The molecule has 46 heavy (non-hydrogen) atoms. The number of ether oxygens (including phenoxy) is 3. The zero-order valence-electron chi connectivity index (χ0n) is 27.8. The Morgan fingerprint density at radius 1 is 1.11 bits per heavy atom. The molecule has 1 N–H and O–H groups in total. The predicted molar refractivity (Wildman–Crippen MR) is 176 cm³/mol. The molecule has 0 bridgehead atoms. The molecule has 0 unspecified atom stereocenters. The van der Waals surface area contributed by atoms with Crippen molar-refractivity contribution in [1.29, 1.82) is 0 Å². The molecule has 244 valence electrons. The highest BCUT2D eigenvalue weighted by molar-refractivity contribution is 5.90. The zero-order valence-corrected chi connectivity index (χ0v) is 27.8. The van der Waals surface area contributed by atoms with E-state index in [1.165, 1.54) is 12.1 Å². The monoisotopic (exact) mass is 629 g/mol. The van der Waals surface area contributed by atoms with Crippen molar-refractivity contribution in [1.82, 2.24) is 4.98 Å². The van der Waals surface area contributed by atoms with Gasteiger partial charge in [-0.1, -0.05) is 44.2 Å². The van der Waals surface area contributed by atoms with Gasteiger partial charge in [0.25, 0.3) is 0 Å². The normalized spacial score (nSPS) is 19.4. The lowest BCUT2D eigenvalue weighted by Crippen LogP contribution is -2.45. The Morgan fingerprint density at radius 3 is 2.48 bits per heavy atom. The van der Waals surface area contributed by atoms with Gasteiger partial charge in [0.05, 0.1) is 35.6 Å². The van der Waals surface area contributed by atoms with Crippen LogP contribution in [0.15, 0.2) is 48.5 Å². The van der Waals surface area contributed by atoms with E-state index in [-0.39, 0.29) is 41.9 Å². The number of benzene rings is 2. The molecule has 2 atom stereocenters. The number of nitrogens with zero attached hydrogens (tertiary/aromatic N) is 1. The van der Waals surface area contributed by atoms with Gasteiger partial charge in [-0.05, 0) is 106 Å². The van der Waals surface area contributed by atoms with Gasteiger partial charge < -0.3 is 19.3 Å². The maximum absolute atomic E-state index is 14.2. The second-order valence-electron chi connectivity index (χ2n) is 14.0. The summed E-state index contributed by atoms with van der Waals surface area (Å²) >= 11 is 0. The Bertz CT molecular complexity index is 1650. The molecule has 2 aliphatic rings. The Labute approximate surface area is 270 Å². The number of aryl methyl sites for hydroxylation is 1. The molecular formula is C38H44FNO6. The lowest BCUT2D eigenvalue weighted by molar-refractivity contribution is -0.290. The number of esters is 1. The van der Waals surface area contributed by atoms with Crippen molar-refractivity contribution in [3.05, 3.63) is 82.3 Å². The van der Waals surface area contributed by atoms with Gasteiger partial charge in [-0.25, -0.2) is 9.18 Å². The standard InChI is InChI=1S/C38H44FNO6/c1-22(2)34-31(18-16-27-20-28(45-38(6,7)44-27)21-32(41)46-37(3,4)5)33(23-11-14-26(39)15-12-23)30-10-8-9-24-19-25(36(42)43)13-17-29(24)35(30)40-34/h11-19,22,27-28H,8-10,20-21H2,1-7H3,(H,42,43)/t27-,28-/m1/s1. The van der Waals surface area contributed by atoms with E-state index in [0.29, 0.717) is 6.42 Å². The number of hydrogen-bond acceptors (Lipinski definition) is 6. The molecule has 0 radical (unpaired) electrons. The number of pyridine rings is 1. The average Bonchev–Trinajstić information content (AvgIpc) is 3.12. The van der Waals surface area contributed by atoms with Gasteiger partial charge in [0.15, 0.2) is 5.79 Å². The van der Waals surface area contributed by atoms with Crippen LogP contribution in [0.25, 0.3) is 28.5 Å². The Kier molecular flexibility index (Phi) is 9.52. The second kappa shape index (κ2) is 13.1. The van der Waals surface area contributed by atoms with Crippen LogP contribution in [0, 0.1) is 5.82 Å². The summed E-state index contributed by atoms with van der Waals surface area (Å²) < 4.78 is 32.1. The van der Waals surface area contributed by atoms with E-state index in [2.05, 4.69) is 19.9 Å². The first kappa shape index (κ1) is 33.5. The van der Waals surface area contributed by atoms with Crippen molar-refractivity contribution in [2.75, 3.05) is 0 Å². The maximum Gasteiger partial charge on any atom is 0.335 e. The van der Waals surface area contributed by atoms with Crippen molar-refractivity contribution in [2.24, 2.45) is 0 Å². The molecule has 0 saturated carbocycles. The van der Waals surface area contributed by atoms with Crippen LogP contribution in [0.1, 0.15) is 106 Å². The fraction of sp³-hybridized carbons (Fsp3) is 0.447. The van der Waals surface area contributed by atoms with Crippen LogP contribution >= 0.6 is 0 Å². The van der Waals surface area contributed by atoms with E-state index >= 15 is 0 Å². The number of aromatic carboxylic acids is 1. The number of fused-ring (bicyclic) bond motifs is 3. The fourth-order valence-corrected chi connectivity index (χ4v) is 6.46. The highest BCUT2D eigenvalue weighted by atomic mass is 19.1. The molecule has 1 aromatic heterocycles. The molecule has 2 heterocycles. The van der Waals surface area contributed by atoms with Gasteiger partial charge in [0.1, 0.15) is 11.4 Å². The molecule has 1 aliphatic heterocycles. The summed E-state index contributed by atoms with van der Waals surface area (Å²) in [4.78, 5) is 29.7. The number of carbonyl (C=O) groups excluding carboxylic acids is 1. The number of halogens is 1. The summed E-state index contributed by atoms with van der Waals surface area (Å²) in [7, 11) is 0. The topological polar surface area (TPSA) is 95.0 Å². The van der Waals surface area contributed by atoms with E-state index < -0.39 is 17.4 Å². The van der Waals surface area contributed by atoms with E-state index in [0.717, 1.165) is 64.0 Å². The summed E-state index contributed by atoms with van der Waals surface area (Å²) in [6, 6.07) is 11.8. The van der Waals surface area contributed by atoms with Crippen LogP contribution in [-0.4, -0.2) is 45.6 Å². The third-order valence-electron chi connectivity index (χ3n) is 8.20. The maximum atomic E-state index is 14.2. The van der Waals surface area contributed by atoms with E-state index in [9.17, 15) is 19.1 Å². The first-order valence-electron chi connectivity index (χ1n) is 16.0. The molecule has 0 amide bonds. The summed E-state index contributed by atoms with van der Waals surface area (Å²) in [6.07, 6.45) is 6.20. The molecule has 1 aliphatic carbocycles. The molecular weight excluding hydrogens is 585 g/mol. The minimum absolute atomic E-state index is 0.0427. The molecule has 7 nitrogen and oxygen atoms in total. The van der Waals surface area contributed by atoms with Crippen LogP contribution in [0.3, 0.4) is 0 Å². The molecule has 1 saturated heterocycles. The third kappa shape index (κ3) is 7.73. The van der Waals surface area contributed by atoms with Gasteiger partial charge in [-0.3, -0.25) is 9.78 Å². The van der Waals surface area contributed by atoms with Crippen molar-refractivity contribution in [3.8, 4) is 22.4 Å². The van der Waals surface area contributed by atoms with Gasteiger partial charge >= 0.3 is 11.9 Å². The molecule has 3 aromatic rings. The average molecular weight is 630 g/mol. The van der Waals surface area contributed by atoms with Gasteiger partial charge in [-0.2, -0.15) is 0 Å². The molecule has 1 fully saturated rings. The predicted octanol–water partition coefficient (Wildman–Crippen LogP) is 8.52. The minimum Gasteiger partial charge on any atom is -0.478 e. The highest BCUT2D eigenvalue weighted by Crippen LogP contribution is 2.42. The quantitative estimate of drug-likeness (QED) is 0.262. The summed E-state index contributed by atoms with van der Waals surface area (Å²) in [5, 5.41) is 9.63. The lowest BCUT2D eigenvalue weighted by atomic mass is 9.86. The van der Waals surface area contributed by atoms with Crippen molar-refractivity contribution < 1.29 is 33.3 Å². The summed E-state index contributed by atoms with van der Waals surface area (Å²) in [6.45, 7) is 13.4. The van der Waals surface area contributed by atoms with Gasteiger partial charge in [0.2, 0.25) is 0 Å².